The number of aromatic nitrogens is 4. The van der Waals surface area contributed by atoms with E-state index in [0.29, 0.717) is 16.4 Å². The number of aliphatic hydroxyl groups excluding tert-OH is 3. The minimum Gasteiger partial charge on any atom is -0.796 e. The molecule has 6 aromatic rings. The van der Waals surface area contributed by atoms with Gasteiger partial charge in [0.1, 0.15) is 0 Å². The zero-order valence-corrected chi connectivity index (χ0v) is 28.9. The van der Waals surface area contributed by atoms with Crippen molar-refractivity contribution in [2.45, 2.75) is 32.0 Å². The number of fused-ring (bicyclic) bond motifs is 6. The molecule has 4 heterocycles. The van der Waals surface area contributed by atoms with Crippen molar-refractivity contribution < 1.29 is 44.9 Å². The second-order valence-corrected chi connectivity index (χ2v) is 9.96. The van der Waals surface area contributed by atoms with Gasteiger partial charge in [0.15, 0.2) is 0 Å². The fourth-order valence-electron chi connectivity index (χ4n) is 4.54. The molecule has 0 saturated carbocycles. The van der Waals surface area contributed by atoms with E-state index in [2.05, 4.69) is 51.6 Å². The molecule has 0 unspecified atom stereocenters. The molecule has 0 amide bonds. The van der Waals surface area contributed by atoms with E-state index in [-0.39, 0.29) is 42.8 Å². The summed E-state index contributed by atoms with van der Waals surface area (Å²) in [5, 5.41) is 30.3. The molecule has 11 heteroatoms. The van der Waals surface area contributed by atoms with E-state index in [1.165, 1.54) is 5.56 Å². The number of aliphatic hydroxyl groups is 3. The minimum absolute atomic E-state index is 0. The maximum Gasteiger partial charge on any atom is 1.00 e. The van der Waals surface area contributed by atoms with Crippen LogP contribution in [0.2, 0.25) is 5.02 Å². The number of benzene rings is 2. The molecule has 0 aliphatic rings. The number of pyridine rings is 4. The number of thioether (sulfide) groups is 1. The third-order valence-electron chi connectivity index (χ3n) is 6.31. The smallest absolute Gasteiger partial charge is 0.796 e. The summed E-state index contributed by atoms with van der Waals surface area (Å²) in [6.07, 6.45) is 7.14. The van der Waals surface area contributed by atoms with Gasteiger partial charge in [-0.1, -0.05) is 23.7 Å². The minimum atomic E-state index is -0.127. The van der Waals surface area contributed by atoms with Crippen LogP contribution < -0.4 is 29.6 Å². The summed E-state index contributed by atoms with van der Waals surface area (Å²) >= 11 is 12.0. The van der Waals surface area contributed by atoms with Gasteiger partial charge in [-0.3, -0.25) is 9.97 Å². The Morgan fingerprint density at radius 3 is 1.64 bits per heavy atom. The van der Waals surface area contributed by atoms with Crippen LogP contribution in [-0.4, -0.2) is 54.9 Å². The molecule has 7 nitrogen and oxygen atoms in total. The first-order valence-electron chi connectivity index (χ1n) is 12.6. The zero-order chi connectivity index (χ0) is 30.1. The Morgan fingerprint density at radius 2 is 1.17 bits per heavy atom. The summed E-state index contributed by atoms with van der Waals surface area (Å²) in [6, 6.07) is 15.7. The molecule has 214 valence electrons. The monoisotopic (exact) mass is 630 g/mol. The van der Waals surface area contributed by atoms with Crippen LogP contribution >= 0.6 is 23.4 Å². The van der Waals surface area contributed by atoms with Gasteiger partial charge in [-0.15, -0.1) is 11.8 Å². The van der Waals surface area contributed by atoms with Crippen molar-refractivity contribution in [3.05, 3.63) is 88.5 Å². The SMILES string of the molecule is CO.CSc1cc(CO)nc2c1cc(C)c1cccnc12.C[S-].Cc1cc2c(Cl)cc(CO)nc2c2ncccc12.[Na+]. The summed E-state index contributed by atoms with van der Waals surface area (Å²) < 4.78 is 0. The van der Waals surface area contributed by atoms with E-state index in [1.807, 2.05) is 43.5 Å². The molecule has 0 spiro atoms. The molecule has 0 atom stereocenters. The summed E-state index contributed by atoms with van der Waals surface area (Å²) in [5.41, 5.74) is 6.91. The summed E-state index contributed by atoms with van der Waals surface area (Å²) in [6.45, 7) is 3.94. The van der Waals surface area contributed by atoms with Crippen molar-refractivity contribution in [1.29, 1.82) is 0 Å². The summed E-state index contributed by atoms with van der Waals surface area (Å²) in [5.74, 6) is 0. The number of aryl methyl sites for hydroxylation is 2. The molecule has 0 radical (unpaired) electrons. The van der Waals surface area contributed by atoms with E-state index in [9.17, 15) is 10.2 Å². The number of hydrogen-bond acceptors (Lipinski definition) is 9. The quantitative estimate of drug-likeness (QED) is 0.117. The first-order chi connectivity index (χ1) is 19.9. The van der Waals surface area contributed by atoms with Crippen molar-refractivity contribution >= 4 is 79.6 Å². The fraction of sp³-hybridized carbons (Fsp3) is 0.226. The molecule has 0 aliphatic carbocycles. The average Bonchev–Trinajstić information content (AvgIpc) is 3.03. The second-order valence-electron chi connectivity index (χ2n) is 8.71. The van der Waals surface area contributed by atoms with Gasteiger partial charge in [-0.05, 0) is 67.6 Å². The molecule has 0 aliphatic heterocycles. The second kappa shape index (κ2) is 17.3. The Labute approximate surface area is 282 Å². The van der Waals surface area contributed by atoms with E-state index in [1.54, 1.807) is 36.5 Å². The fourth-order valence-corrected chi connectivity index (χ4v) is 5.44. The maximum absolute atomic E-state index is 9.35. The zero-order valence-electron chi connectivity index (χ0n) is 24.5. The Morgan fingerprint density at radius 1 is 0.714 bits per heavy atom. The summed E-state index contributed by atoms with van der Waals surface area (Å²) in [4.78, 5) is 19.0. The predicted octanol–water partition coefficient (Wildman–Crippen LogP) is 3.32. The van der Waals surface area contributed by atoms with Crippen LogP contribution in [0.15, 0.2) is 65.8 Å². The van der Waals surface area contributed by atoms with Crippen LogP contribution in [0.3, 0.4) is 0 Å². The van der Waals surface area contributed by atoms with E-state index >= 15 is 0 Å². The molecule has 3 N–H and O–H groups in total. The van der Waals surface area contributed by atoms with Gasteiger partial charge in [0.05, 0.1) is 51.7 Å². The molecule has 0 bridgehead atoms. The normalized spacial score (nSPS) is 10.2. The van der Waals surface area contributed by atoms with Gasteiger partial charge in [0.2, 0.25) is 0 Å². The molecular weight excluding hydrogens is 599 g/mol. The van der Waals surface area contributed by atoms with Crippen molar-refractivity contribution in [2.24, 2.45) is 0 Å². The van der Waals surface area contributed by atoms with Gasteiger partial charge in [0.25, 0.3) is 0 Å². The van der Waals surface area contributed by atoms with Crippen molar-refractivity contribution in [2.75, 3.05) is 19.6 Å². The first-order valence-corrected chi connectivity index (χ1v) is 15.0. The van der Waals surface area contributed by atoms with Gasteiger partial charge >= 0.3 is 29.6 Å². The molecular formula is C31H32ClN4NaO3S2. The van der Waals surface area contributed by atoms with Crippen LogP contribution in [0.25, 0.3) is 43.6 Å². The topological polar surface area (TPSA) is 112 Å². The summed E-state index contributed by atoms with van der Waals surface area (Å²) in [7, 11) is 1.00. The van der Waals surface area contributed by atoms with Gasteiger partial charge in [-0.25, -0.2) is 9.97 Å². The van der Waals surface area contributed by atoms with Gasteiger partial charge in [0, 0.05) is 45.9 Å². The molecule has 6 rings (SSSR count). The van der Waals surface area contributed by atoms with Crippen LogP contribution in [0.5, 0.6) is 0 Å². The average molecular weight is 631 g/mol. The Kier molecular flexibility index (Phi) is 14.9. The standard InChI is InChI=1S/C15H14N2OS.C14H11ClN2O.CH4O.CH4S.Na/c1-9-6-12-13(19-2)7-10(8-18)17-15(12)14-11(9)4-3-5-16-14;1-8-5-11-12(15)6-9(7-18)17-14(11)13-10(8)3-2-4-16-13;2*1-2;/h3-7,18H,8H2,1-2H3;2-6,18H,7H2,1H3;2*2H,1H3;/q;;;;+1/p-1. The molecule has 0 fully saturated rings. The van der Waals surface area contributed by atoms with Crippen LogP contribution in [0.1, 0.15) is 22.5 Å². The number of halogens is 1. The van der Waals surface area contributed by atoms with E-state index in [4.69, 9.17) is 16.7 Å². The molecule has 0 saturated heterocycles. The maximum atomic E-state index is 9.35. The third-order valence-corrected chi connectivity index (χ3v) is 7.40. The number of hydrogen-bond donors (Lipinski definition) is 3. The number of nitrogens with zero attached hydrogens (tertiary/aromatic N) is 4. The Balaban J connectivity index is 0.000000257. The number of rotatable bonds is 3. The molecule has 4 aromatic heterocycles. The van der Waals surface area contributed by atoms with E-state index in [0.717, 1.165) is 61.2 Å². The van der Waals surface area contributed by atoms with Crippen molar-refractivity contribution in [3.8, 4) is 0 Å². The van der Waals surface area contributed by atoms with Crippen LogP contribution in [-0.2, 0) is 25.8 Å². The first kappa shape index (κ1) is 36.1. The van der Waals surface area contributed by atoms with Crippen LogP contribution in [0.4, 0.5) is 0 Å². The van der Waals surface area contributed by atoms with Gasteiger partial charge in [-0.2, -0.15) is 6.26 Å². The van der Waals surface area contributed by atoms with Crippen molar-refractivity contribution in [3.63, 3.8) is 0 Å². The van der Waals surface area contributed by atoms with Crippen molar-refractivity contribution in [1.82, 2.24) is 19.9 Å². The molecule has 42 heavy (non-hydrogen) atoms. The Bertz CT molecular complexity index is 1810. The third kappa shape index (κ3) is 7.72. The van der Waals surface area contributed by atoms with Gasteiger partial charge < -0.3 is 27.9 Å². The Hall–Kier alpha value is -2.05. The molecule has 2 aromatic carbocycles. The van der Waals surface area contributed by atoms with Crippen LogP contribution in [0, 0.1) is 13.8 Å². The van der Waals surface area contributed by atoms with E-state index < -0.39 is 0 Å². The largest absolute Gasteiger partial charge is 1.00 e. The predicted molar refractivity (Wildman–Crippen MR) is 174 cm³/mol.